The third-order valence-electron chi connectivity index (χ3n) is 5.23. The number of hydrogen-bond donors (Lipinski definition) is 1. The van der Waals surface area contributed by atoms with Crippen molar-refractivity contribution in [1.82, 2.24) is 5.32 Å². The zero-order chi connectivity index (χ0) is 16.6. The van der Waals surface area contributed by atoms with E-state index in [0.717, 1.165) is 19.3 Å². The molecular weight excluding hydrogens is 280 g/mol. The van der Waals surface area contributed by atoms with Gasteiger partial charge in [-0.3, -0.25) is 0 Å². The Morgan fingerprint density at radius 1 is 1.36 bits per heavy atom. The largest absolute Gasteiger partial charge is 0.444 e. The van der Waals surface area contributed by atoms with Crippen LogP contribution >= 0.6 is 0 Å². The predicted octanol–water partition coefficient (Wildman–Crippen LogP) is 3.92. The Balaban J connectivity index is 2.03. The summed E-state index contributed by atoms with van der Waals surface area (Å²) in [4.78, 5) is 12.2. The third-order valence-corrected chi connectivity index (χ3v) is 5.23. The summed E-state index contributed by atoms with van der Waals surface area (Å²) in [6.07, 6.45) is 4.37. The summed E-state index contributed by atoms with van der Waals surface area (Å²) in [7, 11) is 0. The lowest BCUT2D eigenvalue weighted by Gasteiger charge is -2.42. The second-order valence-corrected chi connectivity index (χ2v) is 8.19. The van der Waals surface area contributed by atoms with Crippen molar-refractivity contribution in [3.63, 3.8) is 0 Å². The molecule has 1 saturated carbocycles. The first-order valence-corrected chi connectivity index (χ1v) is 7.98. The Morgan fingerprint density at radius 3 is 2.59 bits per heavy atom. The van der Waals surface area contributed by atoms with E-state index in [1.165, 1.54) is 0 Å². The van der Waals surface area contributed by atoms with Crippen molar-refractivity contribution < 1.29 is 9.53 Å². The molecule has 3 atom stereocenters. The molecule has 0 aromatic heterocycles. The maximum atomic E-state index is 12.2. The van der Waals surface area contributed by atoms with Crippen LogP contribution in [0.3, 0.4) is 0 Å². The van der Waals surface area contributed by atoms with Gasteiger partial charge in [0.15, 0.2) is 0 Å². The molecule has 124 valence electrons. The molecule has 2 rings (SSSR count). The van der Waals surface area contributed by atoms with Crippen molar-refractivity contribution in [3.8, 4) is 0 Å². The van der Waals surface area contributed by atoms with Crippen molar-refractivity contribution in [1.29, 1.82) is 0 Å². The van der Waals surface area contributed by atoms with Crippen molar-refractivity contribution >= 4 is 12.3 Å². The van der Waals surface area contributed by atoms with Crippen molar-refractivity contribution in [2.45, 2.75) is 78.0 Å². The van der Waals surface area contributed by atoms with Crippen LogP contribution in [0.4, 0.5) is 4.79 Å². The van der Waals surface area contributed by atoms with Crippen LogP contribution in [-0.2, 0) is 4.74 Å². The van der Waals surface area contributed by atoms with Gasteiger partial charge in [0.1, 0.15) is 11.6 Å². The summed E-state index contributed by atoms with van der Waals surface area (Å²) in [6, 6.07) is 0.0770. The Bertz CT molecular complexity index is 481. The van der Waals surface area contributed by atoms with E-state index < -0.39 is 5.60 Å². The quantitative estimate of drug-likeness (QED) is 0.858. The predicted molar refractivity (Wildman–Crippen MR) is 86.0 cm³/mol. The van der Waals surface area contributed by atoms with E-state index in [2.05, 4.69) is 41.5 Å². The van der Waals surface area contributed by atoms with Crippen molar-refractivity contribution in [3.05, 3.63) is 0 Å². The lowest BCUT2D eigenvalue weighted by molar-refractivity contribution is 0.0346. The average molecular weight is 308 g/mol. The summed E-state index contributed by atoms with van der Waals surface area (Å²) < 4.78 is 5.42. The van der Waals surface area contributed by atoms with Crippen LogP contribution in [0.2, 0.25) is 0 Å². The number of ether oxygens (including phenoxy) is 1. The van der Waals surface area contributed by atoms with Gasteiger partial charge in [0.25, 0.3) is 0 Å². The number of carbonyl (C=O) groups is 1. The molecule has 1 aliphatic carbocycles. The van der Waals surface area contributed by atoms with Crippen molar-refractivity contribution in [2.24, 2.45) is 26.8 Å². The summed E-state index contributed by atoms with van der Waals surface area (Å²) in [5.41, 5.74) is -0.813. The average Bonchev–Trinajstić information content (AvgIpc) is 2.90. The van der Waals surface area contributed by atoms with Gasteiger partial charge in [-0.2, -0.15) is 5.11 Å². The van der Waals surface area contributed by atoms with Gasteiger partial charge in [-0.1, -0.05) is 13.8 Å². The van der Waals surface area contributed by atoms with Crippen LogP contribution in [0.5, 0.6) is 0 Å². The standard InChI is InChI=1S/C16H28N4O2/c1-14(2,3)22-13(21)18-16(6)8-7-11(15(16,4)5)9-12-10-17-20-19-12/h10-12H,7-9H2,1-6H3,(H,18,21)/t11-,12?,16-/m1/s1. The smallest absolute Gasteiger partial charge is 0.408 e. The summed E-state index contributed by atoms with van der Waals surface area (Å²) in [6.45, 7) is 12.2. The van der Waals surface area contributed by atoms with E-state index >= 15 is 0 Å². The highest BCUT2D eigenvalue weighted by molar-refractivity contribution is 5.69. The Labute approximate surface area is 132 Å². The van der Waals surface area contributed by atoms with Gasteiger partial charge >= 0.3 is 6.09 Å². The zero-order valence-electron chi connectivity index (χ0n) is 14.5. The monoisotopic (exact) mass is 308 g/mol. The molecular formula is C16H28N4O2. The molecule has 1 unspecified atom stereocenters. The third kappa shape index (κ3) is 3.47. The van der Waals surface area contributed by atoms with Gasteiger partial charge in [-0.25, -0.2) is 4.79 Å². The Kier molecular flexibility index (Phi) is 4.33. The first-order valence-electron chi connectivity index (χ1n) is 7.98. The van der Waals surface area contributed by atoms with Gasteiger partial charge in [-0.15, -0.1) is 5.10 Å². The van der Waals surface area contributed by atoms with Crippen molar-refractivity contribution in [2.75, 3.05) is 0 Å². The normalized spacial score (nSPS) is 33.2. The molecule has 6 heteroatoms. The molecule has 1 N–H and O–H groups in total. The second kappa shape index (κ2) is 5.63. The van der Waals surface area contributed by atoms with Gasteiger partial charge in [-0.05, 0) is 63.5 Å². The molecule has 0 radical (unpaired) electrons. The summed E-state index contributed by atoms with van der Waals surface area (Å²) in [5.74, 6) is 0.459. The first-order chi connectivity index (χ1) is 10.0. The molecule has 0 aromatic carbocycles. The number of rotatable bonds is 3. The SMILES string of the molecule is CC(C)(C)OC(=O)N[C@]1(C)CC[C@H](CC2C=NN=N2)C1(C)C. The zero-order valence-corrected chi connectivity index (χ0v) is 14.5. The van der Waals surface area contributed by atoms with Crippen LogP contribution in [-0.4, -0.2) is 29.5 Å². The van der Waals surface area contributed by atoms with Crippen LogP contribution in [0, 0.1) is 11.3 Å². The van der Waals surface area contributed by atoms with Gasteiger partial charge in [0.05, 0.1) is 6.21 Å². The summed E-state index contributed by atoms with van der Waals surface area (Å²) >= 11 is 0. The lowest BCUT2D eigenvalue weighted by atomic mass is 9.69. The Morgan fingerprint density at radius 2 is 2.05 bits per heavy atom. The van der Waals surface area contributed by atoms with E-state index in [1.807, 2.05) is 20.8 Å². The molecule has 1 heterocycles. The highest BCUT2D eigenvalue weighted by Crippen LogP contribution is 2.52. The van der Waals surface area contributed by atoms with Crippen LogP contribution in [0.1, 0.15) is 60.8 Å². The second-order valence-electron chi connectivity index (χ2n) is 8.19. The van der Waals surface area contributed by atoms with Crippen LogP contribution < -0.4 is 5.32 Å². The van der Waals surface area contributed by atoms with E-state index in [0.29, 0.717) is 5.92 Å². The fraction of sp³-hybridized carbons (Fsp3) is 0.875. The van der Waals surface area contributed by atoms with Crippen LogP contribution in [0.25, 0.3) is 0 Å². The fourth-order valence-electron chi connectivity index (χ4n) is 3.39. The Hall–Kier alpha value is -1.46. The molecule has 0 saturated heterocycles. The molecule has 2 aliphatic rings. The minimum Gasteiger partial charge on any atom is -0.444 e. The number of alkyl carbamates (subject to hydrolysis) is 1. The number of carbonyl (C=O) groups excluding carboxylic acids is 1. The molecule has 0 bridgehead atoms. The van der Waals surface area contributed by atoms with E-state index in [-0.39, 0.29) is 23.1 Å². The highest BCUT2D eigenvalue weighted by atomic mass is 16.6. The molecule has 22 heavy (non-hydrogen) atoms. The number of nitrogens with one attached hydrogen (secondary N) is 1. The van der Waals surface area contributed by atoms with E-state index in [4.69, 9.17) is 4.74 Å². The lowest BCUT2D eigenvalue weighted by Crippen LogP contribution is -2.55. The minimum atomic E-state index is -0.483. The van der Waals surface area contributed by atoms with E-state index in [1.54, 1.807) is 6.21 Å². The molecule has 0 aromatic rings. The first kappa shape index (κ1) is 16.9. The van der Waals surface area contributed by atoms with Gasteiger partial charge < -0.3 is 10.1 Å². The fourth-order valence-corrected chi connectivity index (χ4v) is 3.39. The molecule has 1 aliphatic heterocycles. The number of hydrogen-bond acceptors (Lipinski definition) is 5. The molecule has 6 nitrogen and oxygen atoms in total. The van der Waals surface area contributed by atoms with E-state index in [9.17, 15) is 4.79 Å². The summed E-state index contributed by atoms with van der Waals surface area (Å²) in [5, 5.41) is 14.7. The molecule has 0 spiro atoms. The molecule has 1 amide bonds. The minimum absolute atomic E-state index is 0.0458. The molecule has 1 fully saturated rings. The maximum Gasteiger partial charge on any atom is 0.408 e. The maximum absolute atomic E-state index is 12.2. The highest BCUT2D eigenvalue weighted by Gasteiger charge is 2.53. The van der Waals surface area contributed by atoms with Gasteiger partial charge in [0, 0.05) is 5.54 Å². The number of nitrogens with zero attached hydrogens (tertiary/aromatic N) is 3. The van der Waals surface area contributed by atoms with Crippen LogP contribution in [0.15, 0.2) is 15.4 Å². The van der Waals surface area contributed by atoms with Gasteiger partial charge in [0.2, 0.25) is 0 Å². The topological polar surface area (TPSA) is 75.4 Å². The number of amides is 1.